The number of anilines is 1. The van der Waals surface area contributed by atoms with Crippen molar-refractivity contribution in [2.75, 3.05) is 5.32 Å². The molecule has 3 nitrogen and oxygen atoms in total. The van der Waals surface area contributed by atoms with Gasteiger partial charge in [-0.2, -0.15) is 0 Å². The molecule has 0 bridgehead atoms. The fourth-order valence-corrected chi connectivity index (χ4v) is 4.85. The van der Waals surface area contributed by atoms with Crippen molar-refractivity contribution < 1.29 is 0 Å². The molecule has 0 saturated heterocycles. The molecule has 0 aliphatic carbocycles. The molecule has 2 N–H and O–H groups in total. The van der Waals surface area contributed by atoms with E-state index in [1.54, 1.807) is 6.20 Å². The molecule has 0 radical (unpaired) electrons. The molecule has 0 spiro atoms. The van der Waals surface area contributed by atoms with Gasteiger partial charge in [0.25, 0.3) is 0 Å². The number of hydrogen-bond acceptors (Lipinski definition) is 1. The highest BCUT2D eigenvalue weighted by molar-refractivity contribution is 6.06. The first-order valence-corrected chi connectivity index (χ1v) is 17.8. The average Bonchev–Trinajstić information content (AvgIpc) is 3.32. The van der Waals surface area contributed by atoms with Crippen molar-refractivity contribution in [3.8, 4) is 0 Å². The molecule has 1 rings (SSSR count). The van der Waals surface area contributed by atoms with Crippen molar-refractivity contribution in [3.05, 3.63) is 69.6 Å². The van der Waals surface area contributed by atoms with Crippen LogP contribution >= 0.6 is 0 Å². The second kappa shape index (κ2) is 30.2. The third-order valence-electron chi connectivity index (χ3n) is 7.21. The molecule has 0 aliphatic heterocycles. The number of aromatic nitrogens is 1. The highest BCUT2D eigenvalue weighted by Crippen LogP contribution is 2.36. The summed E-state index contributed by atoms with van der Waals surface area (Å²) in [6.07, 6.45) is 23.0. The third kappa shape index (κ3) is 16.9. The Morgan fingerprint density at radius 2 is 1.48 bits per heavy atom. The van der Waals surface area contributed by atoms with Crippen LogP contribution in [0.1, 0.15) is 160 Å². The zero-order valence-electron chi connectivity index (χ0n) is 31.8. The van der Waals surface area contributed by atoms with Crippen molar-refractivity contribution in [2.45, 2.75) is 155 Å². The van der Waals surface area contributed by atoms with Crippen LogP contribution in [0.4, 0.5) is 5.69 Å². The van der Waals surface area contributed by atoms with Gasteiger partial charge in [0.1, 0.15) is 5.84 Å². The fourth-order valence-electron chi connectivity index (χ4n) is 4.85. The molecular weight excluding hydrogens is 534 g/mol. The van der Waals surface area contributed by atoms with Gasteiger partial charge in [0.05, 0.1) is 11.0 Å². The lowest BCUT2D eigenvalue weighted by molar-refractivity contribution is 0.432. The second-order valence-corrected chi connectivity index (χ2v) is 10.4. The Kier molecular flexibility index (Phi) is 31.3. The minimum atomic E-state index is 0.762. The number of H-pyrrole nitrogens is 1. The van der Waals surface area contributed by atoms with Gasteiger partial charge in [0, 0.05) is 17.1 Å². The predicted molar refractivity (Wildman–Crippen MR) is 208 cm³/mol. The average molecular weight is 608 g/mol. The van der Waals surface area contributed by atoms with Gasteiger partial charge in [-0.25, -0.2) is 4.99 Å². The van der Waals surface area contributed by atoms with Crippen LogP contribution in [-0.4, -0.2) is 10.8 Å². The first kappa shape index (κ1) is 45.6. The zero-order valence-corrected chi connectivity index (χ0v) is 31.8. The van der Waals surface area contributed by atoms with Crippen LogP contribution in [0.3, 0.4) is 0 Å². The summed E-state index contributed by atoms with van der Waals surface area (Å²) in [5.41, 5.74) is 7.39. The number of rotatable bonds is 15. The number of aromatic amines is 1. The number of nitrogens with one attached hydrogen (secondary N) is 2. The number of amidine groups is 1. The van der Waals surface area contributed by atoms with Crippen molar-refractivity contribution in [1.82, 2.24) is 4.98 Å². The van der Waals surface area contributed by atoms with Gasteiger partial charge in [-0.05, 0) is 82.1 Å². The molecular formula is C41H73N3. The van der Waals surface area contributed by atoms with Crippen LogP contribution < -0.4 is 16.0 Å². The minimum Gasteiger partial charge on any atom is -0.354 e. The van der Waals surface area contributed by atoms with Crippen molar-refractivity contribution in [1.29, 1.82) is 0 Å². The van der Waals surface area contributed by atoms with Gasteiger partial charge in [-0.3, -0.25) is 0 Å². The molecule has 1 unspecified atom stereocenters. The first-order chi connectivity index (χ1) is 21.2. The number of allylic oxidation sites excluding steroid dienone is 8. The molecule has 0 aromatic carbocycles. The van der Waals surface area contributed by atoms with Crippen LogP contribution in [-0.2, 0) is 0 Å². The first-order valence-electron chi connectivity index (χ1n) is 17.8. The quantitative estimate of drug-likeness (QED) is 0.116. The fraction of sp³-hybridized carbons (Fsp3) is 0.585. The normalized spacial score (nSPS) is 13.4. The molecule has 1 aromatic rings. The third-order valence-corrected chi connectivity index (χ3v) is 7.21. The van der Waals surface area contributed by atoms with E-state index < -0.39 is 0 Å². The summed E-state index contributed by atoms with van der Waals surface area (Å²) in [4.78, 5) is 8.01. The molecule has 0 aliphatic rings. The van der Waals surface area contributed by atoms with E-state index in [2.05, 4.69) is 96.0 Å². The van der Waals surface area contributed by atoms with E-state index in [4.69, 9.17) is 0 Å². The van der Waals surface area contributed by atoms with Crippen molar-refractivity contribution >= 4 is 30.3 Å². The molecule has 1 atom stereocenters. The predicted octanol–water partition coefficient (Wildman–Crippen LogP) is 12.7. The Balaban J connectivity index is -0.00000190. The van der Waals surface area contributed by atoms with Gasteiger partial charge < -0.3 is 10.3 Å². The van der Waals surface area contributed by atoms with Crippen LogP contribution in [0.15, 0.2) is 58.3 Å². The van der Waals surface area contributed by atoms with Crippen LogP contribution in [0.25, 0.3) is 18.7 Å². The van der Waals surface area contributed by atoms with E-state index in [0.717, 1.165) is 53.0 Å². The van der Waals surface area contributed by atoms with Gasteiger partial charge >= 0.3 is 0 Å². The lowest BCUT2D eigenvalue weighted by Gasteiger charge is -2.21. The monoisotopic (exact) mass is 608 g/mol. The number of aliphatic imine (C=N–C) groups is 1. The standard InChI is InChI=1S/C33H51N3.C4H10.2C2H6/c1-11-18-27(15-5)22-21-24(8)31(29(17-7)28(16-6)19-12-2)32-25(9)35-26(10)33(32)36-30(20-13-3)34-23-14-4;1-3-4-2;2*1-2/h13-14,17,19-20,23,27,35H,9-12,15-16,18,21-22H2,1-8H3,(H,34,36);3-4H2,1-2H3;2*1-2H3/b20-13-,23-14-,28-19-,29-17+,31-24-;;;. The summed E-state index contributed by atoms with van der Waals surface area (Å²) in [6, 6.07) is 0. The van der Waals surface area contributed by atoms with Crippen LogP contribution in [0, 0.1) is 5.92 Å². The maximum absolute atomic E-state index is 4.59. The summed E-state index contributed by atoms with van der Waals surface area (Å²) in [5, 5.41) is 5.28. The maximum atomic E-state index is 4.59. The molecule has 0 amide bonds. The Morgan fingerprint density at radius 1 is 0.864 bits per heavy atom. The lowest BCUT2D eigenvalue weighted by Crippen LogP contribution is -2.16. The molecule has 1 heterocycles. The zero-order chi connectivity index (χ0) is 34.5. The Bertz CT molecular complexity index is 1130. The van der Waals surface area contributed by atoms with Gasteiger partial charge in [-0.15, -0.1) is 0 Å². The Labute approximate surface area is 275 Å². The van der Waals surface area contributed by atoms with E-state index in [1.807, 2.05) is 59.8 Å². The molecule has 1 aromatic heterocycles. The number of unbranched alkanes of at least 4 members (excludes halogenated alkanes) is 1. The van der Waals surface area contributed by atoms with Gasteiger partial charge in [0.15, 0.2) is 0 Å². The summed E-state index contributed by atoms with van der Waals surface area (Å²) in [7, 11) is 0. The summed E-state index contributed by atoms with van der Waals surface area (Å²) >= 11 is 0. The van der Waals surface area contributed by atoms with Crippen molar-refractivity contribution in [3.63, 3.8) is 0 Å². The lowest BCUT2D eigenvalue weighted by atomic mass is 9.84. The maximum Gasteiger partial charge on any atom is 0.129 e. The number of nitrogens with zero attached hydrogens (tertiary/aromatic N) is 1. The molecule has 0 fully saturated rings. The highest BCUT2D eigenvalue weighted by atomic mass is 15.0. The molecule has 44 heavy (non-hydrogen) atoms. The minimum absolute atomic E-state index is 0.762. The Morgan fingerprint density at radius 3 is 1.91 bits per heavy atom. The van der Waals surface area contributed by atoms with E-state index in [-0.39, 0.29) is 0 Å². The van der Waals surface area contributed by atoms with Gasteiger partial charge in [0.2, 0.25) is 0 Å². The van der Waals surface area contributed by atoms with E-state index in [0.29, 0.717) is 0 Å². The summed E-state index contributed by atoms with van der Waals surface area (Å²) < 4.78 is 0. The van der Waals surface area contributed by atoms with Crippen LogP contribution in [0.5, 0.6) is 0 Å². The summed E-state index contributed by atoms with van der Waals surface area (Å²) in [5.74, 6) is 1.53. The molecule has 3 heteroatoms. The van der Waals surface area contributed by atoms with E-state index >= 15 is 0 Å². The molecule has 252 valence electrons. The van der Waals surface area contributed by atoms with E-state index in [9.17, 15) is 0 Å². The number of hydrogen-bond donors (Lipinski definition) is 2. The van der Waals surface area contributed by atoms with Crippen molar-refractivity contribution in [2.24, 2.45) is 10.9 Å². The highest BCUT2D eigenvalue weighted by Gasteiger charge is 2.21. The molecule has 0 saturated carbocycles. The topological polar surface area (TPSA) is 40.2 Å². The van der Waals surface area contributed by atoms with Gasteiger partial charge in [-0.1, -0.05) is 144 Å². The largest absolute Gasteiger partial charge is 0.354 e. The Hall–Kier alpha value is -2.81. The van der Waals surface area contributed by atoms with E-state index in [1.165, 1.54) is 60.8 Å². The smallest absolute Gasteiger partial charge is 0.129 e. The van der Waals surface area contributed by atoms with Crippen LogP contribution in [0.2, 0.25) is 0 Å². The summed E-state index contributed by atoms with van der Waals surface area (Å²) in [6.45, 7) is 38.6. The SMILES string of the molecule is C=c1[nH]c(=C)c(C(=C(/C)CCC(CC)CCC)/C(=C/C)C(=C\CC)/CC)c1NC(/C=C\C)=N/C=C\C.CC.CC.CCCC. The second-order valence-electron chi connectivity index (χ2n) is 10.4.